The molecule has 90 valence electrons. The third-order valence-corrected chi connectivity index (χ3v) is 2.55. The summed E-state index contributed by atoms with van der Waals surface area (Å²) in [6, 6.07) is 0.286. The van der Waals surface area contributed by atoms with Crippen molar-refractivity contribution in [2.24, 2.45) is 0 Å². The summed E-state index contributed by atoms with van der Waals surface area (Å²) in [5.74, 6) is 2.63. The van der Waals surface area contributed by atoms with E-state index in [1.54, 1.807) is 0 Å². The van der Waals surface area contributed by atoms with Crippen molar-refractivity contribution in [3.63, 3.8) is 0 Å². The van der Waals surface area contributed by atoms with Gasteiger partial charge in [-0.3, -0.25) is 4.79 Å². The maximum absolute atomic E-state index is 11.5. The summed E-state index contributed by atoms with van der Waals surface area (Å²) in [6.45, 7) is 2.68. The molecule has 0 aromatic heterocycles. The predicted octanol–water partition coefficient (Wildman–Crippen LogP) is 0.285. The molecule has 0 spiro atoms. The Bertz CT molecular complexity index is 242. The first-order valence-electron chi connectivity index (χ1n) is 5.84. The van der Waals surface area contributed by atoms with Crippen LogP contribution in [0, 0.1) is 12.3 Å². The molecule has 0 aliphatic carbocycles. The zero-order valence-electron chi connectivity index (χ0n) is 9.63. The summed E-state index contributed by atoms with van der Waals surface area (Å²) in [5, 5.41) is 6.06. The minimum atomic E-state index is 0.0626. The molecule has 1 fully saturated rings. The van der Waals surface area contributed by atoms with Crippen LogP contribution in [-0.4, -0.2) is 38.3 Å². The van der Waals surface area contributed by atoms with Gasteiger partial charge in [0.2, 0.25) is 5.91 Å². The predicted molar refractivity (Wildman–Crippen MR) is 62.9 cm³/mol. The van der Waals surface area contributed by atoms with Crippen LogP contribution in [0.1, 0.15) is 25.7 Å². The zero-order chi connectivity index (χ0) is 11.6. The molecule has 0 aromatic rings. The Hall–Kier alpha value is -1.05. The lowest BCUT2D eigenvalue weighted by atomic mass is 10.1. The van der Waals surface area contributed by atoms with Gasteiger partial charge in [0.15, 0.2) is 0 Å². The fourth-order valence-corrected chi connectivity index (χ4v) is 1.64. The first-order valence-corrected chi connectivity index (χ1v) is 5.84. The van der Waals surface area contributed by atoms with Gasteiger partial charge in [-0.15, -0.1) is 12.3 Å². The van der Waals surface area contributed by atoms with Crippen LogP contribution in [0.2, 0.25) is 0 Å². The number of amides is 1. The van der Waals surface area contributed by atoms with Gasteiger partial charge in [0.05, 0.1) is 6.54 Å². The van der Waals surface area contributed by atoms with Crippen molar-refractivity contribution < 1.29 is 9.53 Å². The van der Waals surface area contributed by atoms with Crippen molar-refractivity contribution in [2.45, 2.75) is 31.7 Å². The first-order chi connectivity index (χ1) is 7.83. The van der Waals surface area contributed by atoms with Gasteiger partial charge in [0.25, 0.3) is 0 Å². The third-order valence-electron chi connectivity index (χ3n) is 2.55. The number of ether oxygens (including phenoxy) is 1. The normalized spacial score (nSPS) is 16.7. The van der Waals surface area contributed by atoms with E-state index >= 15 is 0 Å². The molecule has 1 saturated heterocycles. The number of carbonyl (C=O) groups excluding carboxylic acids is 1. The SMILES string of the molecule is C#CCCCNCC(=O)NC1CCOCC1. The highest BCUT2D eigenvalue weighted by molar-refractivity contribution is 5.78. The Balaban J connectivity index is 1.99. The highest BCUT2D eigenvalue weighted by Gasteiger charge is 2.15. The number of unbranched alkanes of at least 4 members (excludes halogenated alkanes) is 1. The van der Waals surface area contributed by atoms with E-state index in [1.165, 1.54) is 0 Å². The highest BCUT2D eigenvalue weighted by atomic mass is 16.5. The average molecular weight is 224 g/mol. The summed E-state index contributed by atoms with van der Waals surface area (Å²) in [7, 11) is 0. The molecule has 1 aliphatic heterocycles. The molecule has 1 amide bonds. The van der Waals surface area contributed by atoms with Gasteiger partial charge in [-0.1, -0.05) is 0 Å². The van der Waals surface area contributed by atoms with Crippen molar-refractivity contribution in [1.29, 1.82) is 0 Å². The van der Waals surface area contributed by atoms with Crippen LogP contribution in [0.5, 0.6) is 0 Å². The van der Waals surface area contributed by atoms with E-state index < -0.39 is 0 Å². The molecule has 0 bridgehead atoms. The third kappa shape index (κ3) is 5.74. The smallest absolute Gasteiger partial charge is 0.234 e. The summed E-state index contributed by atoms with van der Waals surface area (Å²) >= 11 is 0. The topological polar surface area (TPSA) is 50.4 Å². The second-order valence-corrected chi connectivity index (χ2v) is 3.94. The molecule has 0 aromatic carbocycles. The summed E-state index contributed by atoms with van der Waals surface area (Å²) < 4.78 is 5.22. The van der Waals surface area contributed by atoms with Gasteiger partial charge in [0.1, 0.15) is 0 Å². The summed E-state index contributed by atoms with van der Waals surface area (Å²) in [5.41, 5.74) is 0. The summed E-state index contributed by atoms with van der Waals surface area (Å²) in [6.07, 6.45) is 8.64. The molecule has 0 atom stereocenters. The van der Waals surface area contributed by atoms with E-state index in [0.29, 0.717) is 6.54 Å². The van der Waals surface area contributed by atoms with E-state index in [4.69, 9.17) is 11.2 Å². The molecule has 4 nitrogen and oxygen atoms in total. The van der Waals surface area contributed by atoms with Crippen LogP contribution in [-0.2, 0) is 9.53 Å². The minimum absolute atomic E-state index is 0.0626. The number of hydrogen-bond acceptors (Lipinski definition) is 3. The van der Waals surface area contributed by atoms with Crippen molar-refractivity contribution in [3.8, 4) is 12.3 Å². The second kappa shape index (κ2) is 8.14. The maximum atomic E-state index is 11.5. The first kappa shape index (κ1) is 13.0. The molecule has 16 heavy (non-hydrogen) atoms. The number of hydrogen-bond donors (Lipinski definition) is 2. The molecule has 1 heterocycles. The average Bonchev–Trinajstić information content (AvgIpc) is 2.30. The molecular formula is C12H20N2O2. The van der Waals surface area contributed by atoms with Crippen molar-refractivity contribution in [3.05, 3.63) is 0 Å². The van der Waals surface area contributed by atoms with Crippen LogP contribution >= 0.6 is 0 Å². The van der Waals surface area contributed by atoms with Gasteiger partial charge >= 0.3 is 0 Å². The molecule has 0 unspecified atom stereocenters. The van der Waals surface area contributed by atoms with Gasteiger partial charge in [-0.05, 0) is 25.8 Å². The van der Waals surface area contributed by atoms with Crippen molar-refractivity contribution in [1.82, 2.24) is 10.6 Å². The highest BCUT2D eigenvalue weighted by Crippen LogP contribution is 2.05. The summed E-state index contributed by atoms with van der Waals surface area (Å²) in [4.78, 5) is 11.5. The number of terminal acetylenes is 1. The lowest BCUT2D eigenvalue weighted by Crippen LogP contribution is -2.43. The van der Waals surface area contributed by atoms with Crippen LogP contribution in [0.15, 0.2) is 0 Å². The van der Waals surface area contributed by atoms with E-state index in [1.807, 2.05) is 0 Å². The molecular weight excluding hydrogens is 204 g/mol. The Labute approximate surface area is 97.1 Å². The van der Waals surface area contributed by atoms with Crippen LogP contribution in [0.4, 0.5) is 0 Å². The van der Waals surface area contributed by atoms with E-state index in [2.05, 4.69) is 16.6 Å². The number of rotatable bonds is 6. The lowest BCUT2D eigenvalue weighted by molar-refractivity contribution is -0.121. The molecule has 2 N–H and O–H groups in total. The monoisotopic (exact) mass is 224 g/mol. The molecule has 0 saturated carbocycles. The maximum Gasteiger partial charge on any atom is 0.234 e. The van der Waals surface area contributed by atoms with Crippen LogP contribution < -0.4 is 10.6 Å². The Kier molecular flexibility index (Phi) is 6.62. The molecule has 1 rings (SSSR count). The molecule has 1 aliphatic rings. The quantitative estimate of drug-likeness (QED) is 0.503. The fourth-order valence-electron chi connectivity index (χ4n) is 1.64. The van der Waals surface area contributed by atoms with Crippen molar-refractivity contribution >= 4 is 5.91 Å². The van der Waals surface area contributed by atoms with E-state index in [0.717, 1.165) is 45.4 Å². The zero-order valence-corrected chi connectivity index (χ0v) is 9.63. The standard InChI is InChI=1S/C12H20N2O2/c1-2-3-4-7-13-10-12(15)14-11-5-8-16-9-6-11/h1,11,13H,3-10H2,(H,14,15). The molecule has 4 heteroatoms. The van der Waals surface area contributed by atoms with E-state index in [-0.39, 0.29) is 11.9 Å². The number of carbonyl (C=O) groups is 1. The largest absolute Gasteiger partial charge is 0.381 e. The lowest BCUT2D eigenvalue weighted by Gasteiger charge is -2.23. The van der Waals surface area contributed by atoms with E-state index in [9.17, 15) is 4.79 Å². The molecule has 0 radical (unpaired) electrons. The second-order valence-electron chi connectivity index (χ2n) is 3.94. The van der Waals surface area contributed by atoms with Gasteiger partial charge in [0, 0.05) is 25.7 Å². The minimum Gasteiger partial charge on any atom is -0.381 e. The Morgan fingerprint density at radius 3 is 2.88 bits per heavy atom. The number of nitrogens with one attached hydrogen (secondary N) is 2. The Morgan fingerprint density at radius 2 is 2.19 bits per heavy atom. The fraction of sp³-hybridized carbons (Fsp3) is 0.750. The van der Waals surface area contributed by atoms with Crippen LogP contribution in [0.25, 0.3) is 0 Å². The van der Waals surface area contributed by atoms with Gasteiger partial charge in [-0.25, -0.2) is 0 Å². The van der Waals surface area contributed by atoms with Crippen molar-refractivity contribution in [2.75, 3.05) is 26.3 Å². The van der Waals surface area contributed by atoms with Gasteiger partial charge in [-0.2, -0.15) is 0 Å². The Morgan fingerprint density at radius 1 is 1.44 bits per heavy atom. The van der Waals surface area contributed by atoms with Gasteiger partial charge < -0.3 is 15.4 Å². The van der Waals surface area contributed by atoms with Crippen LogP contribution in [0.3, 0.4) is 0 Å².